The predicted octanol–water partition coefficient (Wildman–Crippen LogP) is 2.42. The minimum atomic E-state index is -0.190. The molecular formula is C12H27NO. The van der Waals surface area contributed by atoms with Crippen molar-refractivity contribution in [2.24, 2.45) is 11.8 Å². The molecular weight excluding hydrogens is 174 g/mol. The Bertz CT molecular complexity index is 118. The molecule has 0 bridgehead atoms. The Kier molecular flexibility index (Phi) is 7.20. The van der Waals surface area contributed by atoms with Crippen molar-refractivity contribution < 1.29 is 5.11 Å². The summed E-state index contributed by atoms with van der Waals surface area (Å²) in [6.45, 7) is 11.6. The van der Waals surface area contributed by atoms with Crippen LogP contribution in [0.4, 0.5) is 0 Å². The molecule has 0 fully saturated rings. The van der Waals surface area contributed by atoms with E-state index in [0.29, 0.717) is 12.0 Å². The van der Waals surface area contributed by atoms with Crippen LogP contribution in [0.5, 0.6) is 0 Å². The lowest BCUT2D eigenvalue weighted by Gasteiger charge is -2.19. The second kappa shape index (κ2) is 7.24. The van der Waals surface area contributed by atoms with Gasteiger partial charge < -0.3 is 10.4 Å². The van der Waals surface area contributed by atoms with Gasteiger partial charge in [0.25, 0.3) is 0 Å². The highest BCUT2D eigenvalue weighted by atomic mass is 16.3. The van der Waals surface area contributed by atoms with E-state index in [4.69, 9.17) is 0 Å². The van der Waals surface area contributed by atoms with Gasteiger partial charge in [-0.1, -0.05) is 27.7 Å². The van der Waals surface area contributed by atoms with Gasteiger partial charge in [-0.15, -0.1) is 0 Å². The van der Waals surface area contributed by atoms with Crippen LogP contribution < -0.4 is 5.32 Å². The molecule has 0 aliphatic rings. The Morgan fingerprint density at radius 1 is 0.929 bits per heavy atom. The summed E-state index contributed by atoms with van der Waals surface area (Å²) < 4.78 is 0. The molecule has 14 heavy (non-hydrogen) atoms. The highest BCUT2D eigenvalue weighted by molar-refractivity contribution is 4.67. The van der Waals surface area contributed by atoms with Crippen molar-refractivity contribution >= 4 is 0 Å². The lowest BCUT2D eigenvalue weighted by Crippen LogP contribution is -2.35. The maximum Gasteiger partial charge on any atom is 0.0667 e. The van der Waals surface area contributed by atoms with E-state index >= 15 is 0 Å². The molecule has 0 aromatic carbocycles. The van der Waals surface area contributed by atoms with Gasteiger partial charge in [0.1, 0.15) is 0 Å². The Morgan fingerprint density at radius 2 is 1.43 bits per heavy atom. The normalized spacial score (nSPS) is 16.3. The Hall–Kier alpha value is -0.0800. The van der Waals surface area contributed by atoms with Gasteiger partial charge in [-0.25, -0.2) is 0 Å². The first-order valence-corrected chi connectivity index (χ1v) is 5.83. The molecule has 86 valence electrons. The van der Waals surface area contributed by atoms with Crippen LogP contribution >= 0.6 is 0 Å². The maximum absolute atomic E-state index is 9.64. The van der Waals surface area contributed by atoms with Crippen molar-refractivity contribution in [2.45, 2.75) is 59.6 Å². The fourth-order valence-electron chi connectivity index (χ4n) is 1.76. The van der Waals surface area contributed by atoms with E-state index in [2.05, 4.69) is 39.9 Å². The van der Waals surface area contributed by atoms with Gasteiger partial charge in [0.15, 0.2) is 0 Å². The third-order valence-electron chi connectivity index (χ3n) is 2.27. The molecule has 0 spiro atoms. The summed E-state index contributed by atoms with van der Waals surface area (Å²) in [6.07, 6.45) is 1.88. The third kappa shape index (κ3) is 8.52. The van der Waals surface area contributed by atoms with Gasteiger partial charge in [-0.05, 0) is 31.6 Å². The Labute approximate surface area is 89.1 Å². The van der Waals surface area contributed by atoms with Crippen molar-refractivity contribution in [3.05, 3.63) is 0 Å². The van der Waals surface area contributed by atoms with Crippen LogP contribution in [0.2, 0.25) is 0 Å². The van der Waals surface area contributed by atoms with E-state index in [-0.39, 0.29) is 6.10 Å². The lowest BCUT2D eigenvalue weighted by atomic mass is 10.0. The Balaban J connectivity index is 3.50. The standard InChI is InChI=1S/C12H27NO/c1-9(2)6-11(5)13-8-12(14)7-10(3)4/h9-14H,6-8H2,1-5H3. The van der Waals surface area contributed by atoms with Crippen molar-refractivity contribution in [3.8, 4) is 0 Å². The van der Waals surface area contributed by atoms with E-state index in [1.165, 1.54) is 6.42 Å². The van der Waals surface area contributed by atoms with Crippen LogP contribution in [0.3, 0.4) is 0 Å². The van der Waals surface area contributed by atoms with Crippen molar-refractivity contribution in [1.29, 1.82) is 0 Å². The summed E-state index contributed by atoms with van der Waals surface area (Å²) in [5, 5.41) is 13.0. The first kappa shape index (κ1) is 13.9. The summed E-state index contributed by atoms with van der Waals surface area (Å²) in [5.41, 5.74) is 0. The van der Waals surface area contributed by atoms with Gasteiger partial charge in [-0.2, -0.15) is 0 Å². The van der Waals surface area contributed by atoms with Gasteiger partial charge >= 0.3 is 0 Å². The van der Waals surface area contributed by atoms with Gasteiger partial charge in [0.05, 0.1) is 6.10 Å². The zero-order valence-corrected chi connectivity index (χ0v) is 10.4. The van der Waals surface area contributed by atoms with E-state index in [1.54, 1.807) is 0 Å². The molecule has 2 atom stereocenters. The van der Waals surface area contributed by atoms with Gasteiger partial charge in [0, 0.05) is 12.6 Å². The Morgan fingerprint density at radius 3 is 1.86 bits per heavy atom. The molecule has 0 saturated heterocycles. The molecule has 0 aromatic rings. The van der Waals surface area contributed by atoms with Gasteiger partial charge in [0.2, 0.25) is 0 Å². The second-order valence-electron chi connectivity index (χ2n) is 5.22. The number of aliphatic hydroxyl groups excluding tert-OH is 1. The molecule has 0 radical (unpaired) electrons. The van der Waals surface area contributed by atoms with Crippen LogP contribution in [0.15, 0.2) is 0 Å². The number of hydrogen-bond donors (Lipinski definition) is 2. The van der Waals surface area contributed by atoms with Crippen LogP contribution in [-0.2, 0) is 0 Å². The molecule has 0 amide bonds. The topological polar surface area (TPSA) is 32.3 Å². The van der Waals surface area contributed by atoms with Gasteiger partial charge in [-0.3, -0.25) is 0 Å². The number of rotatable bonds is 7. The van der Waals surface area contributed by atoms with E-state index < -0.39 is 0 Å². The molecule has 2 nitrogen and oxygen atoms in total. The molecule has 2 heteroatoms. The molecule has 0 aliphatic carbocycles. The summed E-state index contributed by atoms with van der Waals surface area (Å²) in [6, 6.07) is 0.511. The zero-order valence-electron chi connectivity index (χ0n) is 10.4. The predicted molar refractivity (Wildman–Crippen MR) is 62.4 cm³/mol. The quantitative estimate of drug-likeness (QED) is 0.663. The van der Waals surface area contributed by atoms with Crippen molar-refractivity contribution in [3.63, 3.8) is 0 Å². The lowest BCUT2D eigenvalue weighted by molar-refractivity contribution is 0.142. The fraction of sp³-hybridized carbons (Fsp3) is 1.00. The summed E-state index contributed by atoms with van der Waals surface area (Å²) in [5.74, 6) is 1.30. The number of nitrogens with one attached hydrogen (secondary N) is 1. The van der Waals surface area contributed by atoms with E-state index in [1.807, 2.05) is 0 Å². The fourth-order valence-corrected chi connectivity index (χ4v) is 1.76. The first-order chi connectivity index (χ1) is 6.41. The van der Waals surface area contributed by atoms with Crippen LogP contribution in [-0.4, -0.2) is 23.8 Å². The molecule has 2 N–H and O–H groups in total. The SMILES string of the molecule is CC(C)CC(O)CNC(C)CC(C)C. The highest BCUT2D eigenvalue weighted by Gasteiger charge is 2.09. The summed E-state index contributed by atoms with van der Waals surface area (Å²) in [7, 11) is 0. The van der Waals surface area contributed by atoms with Crippen molar-refractivity contribution in [1.82, 2.24) is 5.32 Å². The molecule has 0 aliphatic heterocycles. The van der Waals surface area contributed by atoms with Crippen LogP contribution in [0.1, 0.15) is 47.5 Å². The van der Waals surface area contributed by atoms with E-state index in [9.17, 15) is 5.11 Å². The average molecular weight is 201 g/mol. The highest BCUT2D eigenvalue weighted by Crippen LogP contribution is 2.06. The molecule has 0 saturated carbocycles. The third-order valence-corrected chi connectivity index (χ3v) is 2.27. The smallest absolute Gasteiger partial charge is 0.0667 e. The van der Waals surface area contributed by atoms with Crippen LogP contribution in [0.25, 0.3) is 0 Å². The molecule has 0 aromatic heterocycles. The monoisotopic (exact) mass is 201 g/mol. The van der Waals surface area contributed by atoms with E-state index in [0.717, 1.165) is 18.9 Å². The molecule has 0 rings (SSSR count). The zero-order chi connectivity index (χ0) is 11.1. The largest absolute Gasteiger partial charge is 0.392 e. The van der Waals surface area contributed by atoms with Crippen molar-refractivity contribution in [2.75, 3.05) is 6.54 Å². The average Bonchev–Trinajstić information content (AvgIpc) is 1.98. The number of aliphatic hydroxyl groups is 1. The first-order valence-electron chi connectivity index (χ1n) is 5.83. The molecule has 0 heterocycles. The molecule has 2 unspecified atom stereocenters. The second-order valence-corrected chi connectivity index (χ2v) is 5.22. The minimum absolute atomic E-state index is 0.190. The minimum Gasteiger partial charge on any atom is -0.392 e. The number of hydrogen-bond acceptors (Lipinski definition) is 2. The summed E-state index contributed by atoms with van der Waals surface area (Å²) >= 11 is 0. The maximum atomic E-state index is 9.64. The summed E-state index contributed by atoms with van der Waals surface area (Å²) in [4.78, 5) is 0. The van der Waals surface area contributed by atoms with Crippen LogP contribution in [0, 0.1) is 11.8 Å².